The second kappa shape index (κ2) is 8.78. The number of rotatable bonds is 5. The molecule has 0 aromatic heterocycles. The van der Waals surface area contributed by atoms with Crippen molar-refractivity contribution in [1.29, 1.82) is 0 Å². The third-order valence-corrected chi connectivity index (χ3v) is 5.80. The lowest BCUT2D eigenvalue weighted by molar-refractivity contribution is -0.346. The van der Waals surface area contributed by atoms with Gasteiger partial charge in [-0.2, -0.15) is 0 Å². The maximum atomic E-state index is 12.7. The fourth-order valence-corrected chi connectivity index (χ4v) is 4.11. The molecule has 9 atom stereocenters. The number of methoxy groups -OCH3 is 2. The van der Waals surface area contributed by atoms with Gasteiger partial charge in [-0.05, 0) is 0 Å². The normalized spacial score (nSPS) is 42.3. The lowest BCUT2D eigenvalue weighted by Crippen LogP contribution is -2.61. The minimum absolute atomic E-state index is 0.500. The first-order valence-electron chi connectivity index (χ1n) is 9.35. The molecule has 1 saturated carbocycles. The Labute approximate surface area is 175 Å². The highest BCUT2D eigenvalue weighted by molar-refractivity contribution is 6.06. The standard InChI is InChI=1S/C18H24O13/c1-27-14(24)6-3-9(20)18(26)7(15(25)28-2)5-29-16(10(6)18)31-17-13(23)12(22)11(21)8(4-19)30-17/h5-6,8,10-13,16-17,19,21-23,26H,3-4H2,1-2H3. The Morgan fingerprint density at radius 2 is 1.81 bits per heavy atom. The van der Waals surface area contributed by atoms with Gasteiger partial charge >= 0.3 is 11.9 Å². The van der Waals surface area contributed by atoms with E-state index in [9.17, 15) is 39.9 Å². The van der Waals surface area contributed by atoms with Crippen LogP contribution in [0.15, 0.2) is 11.8 Å². The van der Waals surface area contributed by atoms with Crippen molar-refractivity contribution in [2.24, 2.45) is 11.8 Å². The molecule has 1 saturated heterocycles. The number of esters is 2. The minimum atomic E-state index is -2.52. The van der Waals surface area contributed by atoms with E-state index >= 15 is 0 Å². The van der Waals surface area contributed by atoms with E-state index < -0.39 is 90.8 Å². The quantitative estimate of drug-likeness (QED) is 0.258. The highest BCUT2D eigenvalue weighted by Gasteiger charge is 2.66. The van der Waals surface area contributed by atoms with Crippen LogP contribution in [0, 0.1) is 11.8 Å². The third kappa shape index (κ3) is 3.71. The van der Waals surface area contributed by atoms with E-state index in [0.717, 1.165) is 20.5 Å². The van der Waals surface area contributed by atoms with Crippen LogP contribution in [-0.2, 0) is 38.1 Å². The van der Waals surface area contributed by atoms with Crippen LogP contribution in [0.1, 0.15) is 6.42 Å². The van der Waals surface area contributed by atoms with Crippen LogP contribution in [0.2, 0.25) is 0 Å². The molecule has 3 aliphatic rings. The van der Waals surface area contributed by atoms with E-state index in [0.29, 0.717) is 0 Å². The van der Waals surface area contributed by atoms with Gasteiger partial charge < -0.3 is 49.2 Å². The van der Waals surface area contributed by atoms with Crippen LogP contribution in [0.3, 0.4) is 0 Å². The first-order valence-corrected chi connectivity index (χ1v) is 9.35. The molecule has 0 aromatic rings. The highest BCUT2D eigenvalue weighted by Crippen LogP contribution is 2.49. The lowest BCUT2D eigenvalue weighted by Gasteiger charge is -2.44. The average Bonchev–Trinajstić information content (AvgIpc) is 3.04. The van der Waals surface area contributed by atoms with Crippen LogP contribution < -0.4 is 0 Å². The summed E-state index contributed by atoms with van der Waals surface area (Å²) in [5.74, 6) is -5.62. The molecule has 13 heteroatoms. The number of fused-ring (bicyclic) bond motifs is 1. The lowest BCUT2D eigenvalue weighted by atomic mass is 9.78. The molecule has 5 N–H and O–H groups in total. The van der Waals surface area contributed by atoms with Crippen molar-refractivity contribution < 1.29 is 63.6 Å². The Kier molecular flexibility index (Phi) is 6.67. The molecule has 9 unspecified atom stereocenters. The number of Topliss-reactive ketones (excluding diaryl/α,β-unsaturated/α-hetero) is 1. The molecular formula is C18H24O13. The SMILES string of the molecule is COC(=O)C1=COC(OC2OC(CO)C(O)C(O)C2O)C2C(C(=O)OC)CC(=O)C12O. The molecule has 2 aliphatic heterocycles. The van der Waals surface area contributed by atoms with Gasteiger partial charge in [-0.25, -0.2) is 4.79 Å². The number of carbonyl (C=O) groups is 3. The summed E-state index contributed by atoms with van der Waals surface area (Å²) < 4.78 is 25.4. The summed E-state index contributed by atoms with van der Waals surface area (Å²) in [4.78, 5) is 37.1. The fourth-order valence-electron chi connectivity index (χ4n) is 4.11. The molecule has 0 amide bonds. The molecule has 0 radical (unpaired) electrons. The molecular weight excluding hydrogens is 424 g/mol. The van der Waals surface area contributed by atoms with Gasteiger partial charge in [0.15, 0.2) is 17.7 Å². The van der Waals surface area contributed by atoms with E-state index in [2.05, 4.69) is 9.47 Å². The Morgan fingerprint density at radius 1 is 1.13 bits per heavy atom. The van der Waals surface area contributed by atoms with Crippen molar-refractivity contribution in [3.05, 3.63) is 11.8 Å². The van der Waals surface area contributed by atoms with E-state index in [1.165, 1.54) is 0 Å². The van der Waals surface area contributed by atoms with Gasteiger partial charge in [0.2, 0.25) is 6.29 Å². The minimum Gasteiger partial charge on any atom is -0.471 e. The van der Waals surface area contributed by atoms with Crippen LogP contribution >= 0.6 is 0 Å². The average molecular weight is 448 g/mol. The van der Waals surface area contributed by atoms with Gasteiger partial charge in [0.25, 0.3) is 0 Å². The highest BCUT2D eigenvalue weighted by atomic mass is 16.8. The van der Waals surface area contributed by atoms with Gasteiger partial charge in [0, 0.05) is 6.42 Å². The van der Waals surface area contributed by atoms with Gasteiger partial charge in [-0.15, -0.1) is 0 Å². The molecule has 2 heterocycles. The van der Waals surface area contributed by atoms with Crippen LogP contribution in [0.4, 0.5) is 0 Å². The summed E-state index contributed by atoms with van der Waals surface area (Å²) >= 11 is 0. The van der Waals surface area contributed by atoms with Crippen LogP contribution in [0.5, 0.6) is 0 Å². The summed E-state index contributed by atoms with van der Waals surface area (Å²) in [5, 5.41) is 50.5. The molecule has 2 fully saturated rings. The van der Waals surface area contributed by atoms with Crippen molar-refractivity contribution in [2.45, 2.75) is 49.0 Å². The van der Waals surface area contributed by atoms with E-state index in [1.54, 1.807) is 0 Å². The first kappa shape index (κ1) is 23.5. The molecule has 0 spiro atoms. The molecule has 0 aromatic carbocycles. The Bertz CT molecular complexity index is 764. The number of aliphatic hydroxyl groups is 5. The third-order valence-electron chi connectivity index (χ3n) is 5.80. The summed E-state index contributed by atoms with van der Waals surface area (Å²) in [6.45, 7) is -0.723. The van der Waals surface area contributed by atoms with E-state index in [1.807, 2.05) is 0 Å². The largest absolute Gasteiger partial charge is 0.471 e. The smallest absolute Gasteiger partial charge is 0.340 e. The summed E-state index contributed by atoms with van der Waals surface area (Å²) in [6.07, 6.45) is -9.59. The zero-order valence-corrected chi connectivity index (χ0v) is 16.6. The van der Waals surface area contributed by atoms with Gasteiger partial charge in [0.1, 0.15) is 36.3 Å². The summed E-state index contributed by atoms with van der Waals surface area (Å²) in [6, 6.07) is 0. The molecule has 3 rings (SSSR count). The van der Waals surface area contributed by atoms with E-state index in [4.69, 9.17) is 14.2 Å². The second-order valence-corrected chi connectivity index (χ2v) is 7.41. The Hall–Kier alpha value is -2.13. The molecule has 1 aliphatic carbocycles. The van der Waals surface area contributed by atoms with Crippen molar-refractivity contribution in [3.63, 3.8) is 0 Å². The molecule has 0 bridgehead atoms. The maximum Gasteiger partial charge on any atom is 0.340 e. The fraction of sp³-hybridized carbons (Fsp3) is 0.722. The Balaban J connectivity index is 1.96. The topological polar surface area (TPSA) is 199 Å². The van der Waals surface area contributed by atoms with Crippen molar-refractivity contribution in [3.8, 4) is 0 Å². The van der Waals surface area contributed by atoms with E-state index in [-0.39, 0.29) is 0 Å². The number of aliphatic hydroxyl groups excluding tert-OH is 4. The Morgan fingerprint density at radius 3 is 2.39 bits per heavy atom. The van der Waals surface area contributed by atoms with Crippen molar-refractivity contribution in [2.75, 3.05) is 20.8 Å². The van der Waals surface area contributed by atoms with Crippen LogP contribution in [-0.4, -0.2) is 107 Å². The maximum absolute atomic E-state index is 12.7. The van der Waals surface area contributed by atoms with Crippen molar-refractivity contribution >= 4 is 17.7 Å². The first-order chi connectivity index (χ1) is 14.6. The van der Waals surface area contributed by atoms with Crippen LogP contribution in [0.25, 0.3) is 0 Å². The predicted octanol–water partition coefficient (Wildman–Crippen LogP) is -3.67. The molecule has 174 valence electrons. The van der Waals surface area contributed by atoms with Gasteiger partial charge in [-0.1, -0.05) is 0 Å². The predicted molar refractivity (Wildman–Crippen MR) is 93.4 cm³/mol. The number of ketones is 1. The number of ether oxygens (including phenoxy) is 5. The summed E-state index contributed by atoms with van der Waals surface area (Å²) in [5.41, 5.74) is -3.08. The zero-order chi connectivity index (χ0) is 23.1. The van der Waals surface area contributed by atoms with Gasteiger partial charge in [0.05, 0.1) is 32.7 Å². The number of hydrogen-bond acceptors (Lipinski definition) is 13. The summed E-state index contributed by atoms with van der Waals surface area (Å²) in [7, 11) is 2.09. The van der Waals surface area contributed by atoms with Gasteiger partial charge in [-0.3, -0.25) is 9.59 Å². The molecule has 13 nitrogen and oxygen atoms in total. The van der Waals surface area contributed by atoms with Crippen molar-refractivity contribution in [1.82, 2.24) is 0 Å². The second-order valence-electron chi connectivity index (χ2n) is 7.41. The monoisotopic (exact) mass is 448 g/mol. The zero-order valence-electron chi connectivity index (χ0n) is 16.6. The molecule has 31 heavy (non-hydrogen) atoms. The number of hydrogen-bond donors (Lipinski definition) is 5. The number of carbonyl (C=O) groups excluding carboxylic acids is 3.